The smallest absolute Gasteiger partial charge is 0.240 e. The number of carbonyl (C=O) groups is 1. The molecule has 0 spiro atoms. The monoisotopic (exact) mass is 365 g/mol. The molecule has 1 saturated heterocycles. The average Bonchev–Trinajstić information content (AvgIpc) is 3.28. The Hall–Kier alpha value is -2.24. The van der Waals surface area contributed by atoms with E-state index in [0.717, 1.165) is 30.0 Å². The lowest BCUT2D eigenvalue weighted by atomic mass is 10.1. The topological polar surface area (TPSA) is 54.5 Å². The zero-order chi connectivity index (χ0) is 18.5. The number of ether oxygens (including phenoxy) is 1. The summed E-state index contributed by atoms with van der Waals surface area (Å²) in [5.74, 6) is 0.0739. The van der Waals surface area contributed by atoms with Crippen LogP contribution in [-0.2, 0) is 16.1 Å². The molecule has 2 heterocycles. The number of hydrogen-bond acceptors (Lipinski definition) is 4. The Morgan fingerprint density at radius 3 is 2.89 bits per heavy atom. The lowest BCUT2D eigenvalue weighted by molar-refractivity contribution is -0.134. The van der Waals surface area contributed by atoms with Crippen molar-refractivity contribution in [3.63, 3.8) is 0 Å². The van der Waals surface area contributed by atoms with Gasteiger partial charge in [-0.2, -0.15) is 0 Å². The molecule has 1 saturated carbocycles. The first kappa shape index (κ1) is 18.1. The normalized spacial score (nSPS) is 21.3. The van der Waals surface area contributed by atoms with Gasteiger partial charge >= 0.3 is 0 Å². The first-order valence-corrected chi connectivity index (χ1v) is 9.93. The highest BCUT2D eigenvalue weighted by Crippen LogP contribution is 2.26. The van der Waals surface area contributed by atoms with Gasteiger partial charge in [0.1, 0.15) is 6.04 Å². The van der Waals surface area contributed by atoms with Gasteiger partial charge in [0.05, 0.1) is 18.9 Å². The van der Waals surface area contributed by atoms with Crippen molar-refractivity contribution in [1.82, 2.24) is 15.2 Å². The minimum absolute atomic E-state index is 0.0739. The van der Waals surface area contributed by atoms with Gasteiger partial charge in [0.15, 0.2) is 0 Å². The van der Waals surface area contributed by atoms with Crippen LogP contribution in [0.4, 0.5) is 0 Å². The Labute approximate surface area is 160 Å². The molecule has 1 amide bonds. The van der Waals surface area contributed by atoms with Gasteiger partial charge in [-0.3, -0.25) is 14.7 Å². The standard InChI is InChI=1S/C22H27N3O2/c26-22(21-16-27-13-12-25(21)19-8-1-2-9-19)24-15-17-6-5-7-18(14-17)20-10-3-4-11-23-20/h3-7,10-11,14,19,21H,1-2,8-9,12-13,15-16H2,(H,24,26). The Balaban J connectivity index is 1.40. The molecule has 1 aromatic heterocycles. The van der Waals surface area contributed by atoms with Crippen molar-refractivity contribution in [2.75, 3.05) is 19.8 Å². The van der Waals surface area contributed by atoms with Crippen LogP contribution in [0.5, 0.6) is 0 Å². The van der Waals surface area contributed by atoms with Gasteiger partial charge < -0.3 is 10.1 Å². The molecule has 142 valence electrons. The molecule has 0 bridgehead atoms. The van der Waals surface area contributed by atoms with Crippen molar-refractivity contribution in [3.05, 3.63) is 54.2 Å². The fraction of sp³-hybridized carbons (Fsp3) is 0.455. The summed E-state index contributed by atoms with van der Waals surface area (Å²) in [4.78, 5) is 19.6. The molecule has 1 aliphatic heterocycles. The minimum atomic E-state index is -0.166. The summed E-state index contributed by atoms with van der Waals surface area (Å²) < 4.78 is 5.61. The maximum Gasteiger partial charge on any atom is 0.240 e. The van der Waals surface area contributed by atoms with Crippen LogP contribution in [-0.4, -0.2) is 47.6 Å². The Morgan fingerprint density at radius 1 is 1.19 bits per heavy atom. The summed E-state index contributed by atoms with van der Waals surface area (Å²) in [5.41, 5.74) is 3.09. The lowest BCUT2D eigenvalue weighted by Crippen LogP contribution is -2.56. The summed E-state index contributed by atoms with van der Waals surface area (Å²) in [7, 11) is 0. The van der Waals surface area contributed by atoms with E-state index in [9.17, 15) is 4.79 Å². The van der Waals surface area contributed by atoms with E-state index in [1.54, 1.807) is 6.20 Å². The summed E-state index contributed by atoms with van der Waals surface area (Å²) in [6.45, 7) is 2.61. The highest BCUT2D eigenvalue weighted by Gasteiger charge is 2.35. The summed E-state index contributed by atoms with van der Waals surface area (Å²) in [6.07, 6.45) is 6.75. The predicted molar refractivity (Wildman–Crippen MR) is 105 cm³/mol. The number of rotatable bonds is 5. The number of benzene rings is 1. The van der Waals surface area contributed by atoms with E-state index in [2.05, 4.69) is 21.3 Å². The van der Waals surface area contributed by atoms with Gasteiger partial charge in [-0.05, 0) is 36.6 Å². The molecular formula is C22H27N3O2. The van der Waals surface area contributed by atoms with Gasteiger partial charge in [-0.15, -0.1) is 0 Å². The van der Waals surface area contributed by atoms with Crippen LogP contribution in [0.2, 0.25) is 0 Å². The number of carbonyl (C=O) groups excluding carboxylic acids is 1. The Kier molecular flexibility index (Phi) is 5.80. The van der Waals surface area contributed by atoms with E-state index in [4.69, 9.17) is 4.74 Å². The minimum Gasteiger partial charge on any atom is -0.378 e. The molecule has 1 atom stereocenters. The fourth-order valence-corrected chi connectivity index (χ4v) is 4.20. The van der Waals surface area contributed by atoms with Crippen LogP contribution in [0.1, 0.15) is 31.2 Å². The summed E-state index contributed by atoms with van der Waals surface area (Å²) in [6, 6.07) is 14.5. The molecule has 1 aliphatic carbocycles. The van der Waals surface area contributed by atoms with Crippen molar-refractivity contribution in [2.45, 2.75) is 44.3 Å². The number of amides is 1. The number of morpholine rings is 1. The molecule has 2 aromatic rings. The number of aromatic nitrogens is 1. The highest BCUT2D eigenvalue weighted by molar-refractivity contribution is 5.82. The van der Waals surface area contributed by atoms with Gasteiger partial charge in [-0.1, -0.05) is 37.1 Å². The molecule has 1 N–H and O–H groups in total. The van der Waals surface area contributed by atoms with Gasteiger partial charge in [0, 0.05) is 30.9 Å². The van der Waals surface area contributed by atoms with E-state index in [1.807, 2.05) is 36.4 Å². The van der Waals surface area contributed by atoms with Gasteiger partial charge in [0.2, 0.25) is 5.91 Å². The zero-order valence-corrected chi connectivity index (χ0v) is 15.6. The lowest BCUT2D eigenvalue weighted by Gasteiger charge is -2.38. The van der Waals surface area contributed by atoms with E-state index < -0.39 is 0 Å². The molecule has 5 nitrogen and oxygen atoms in total. The summed E-state index contributed by atoms with van der Waals surface area (Å²) in [5, 5.41) is 3.12. The number of nitrogens with zero attached hydrogens (tertiary/aromatic N) is 2. The maximum atomic E-state index is 12.8. The molecule has 1 unspecified atom stereocenters. The number of hydrogen-bond donors (Lipinski definition) is 1. The molecule has 4 rings (SSSR count). The van der Waals surface area contributed by atoms with Crippen LogP contribution < -0.4 is 5.32 Å². The average molecular weight is 365 g/mol. The summed E-state index contributed by atoms with van der Waals surface area (Å²) >= 11 is 0. The maximum absolute atomic E-state index is 12.8. The van der Waals surface area contributed by atoms with Crippen molar-refractivity contribution in [2.24, 2.45) is 0 Å². The van der Waals surface area contributed by atoms with Crippen molar-refractivity contribution < 1.29 is 9.53 Å². The number of pyridine rings is 1. The largest absolute Gasteiger partial charge is 0.378 e. The first-order chi connectivity index (χ1) is 13.3. The molecule has 27 heavy (non-hydrogen) atoms. The van der Waals surface area contributed by atoms with E-state index >= 15 is 0 Å². The molecule has 1 aromatic carbocycles. The van der Waals surface area contributed by atoms with Crippen LogP contribution in [0, 0.1) is 0 Å². The van der Waals surface area contributed by atoms with Crippen molar-refractivity contribution in [3.8, 4) is 11.3 Å². The SMILES string of the molecule is O=C(NCc1cccc(-c2ccccn2)c1)C1COCCN1C1CCCC1. The second kappa shape index (κ2) is 8.63. The van der Waals surface area contributed by atoms with Gasteiger partial charge in [0.25, 0.3) is 0 Å². The van der Waals surface area contributed by atoms with E-state index in [1.165, 1.54) is 25.7 Å². The van der Waals surface area contributed by atoms with Crippen LogP contribution in [0.15, 0.2) is 48.7 Å². The van der Waals surface area contributed by atoms with Crippen molar-refractivity contribution >= 4 is 5.91 Å². The second-order valence-corrected chi connectivity index (χ2v) is 7.40. The van der Waals surface area contributed by atoms with Crippen LogP contribution in [0.3, 0.4) is 0 Å². The fourth-order valence-electron chi connectivity index (χ4n) is 4.20. The van der Waals surface area contributed by atoms with Crippen LogP contribution in [0.25, 0.3) is 11.3 Å². The third-order valence-corrected chi connectivity index (χ3v) is 5.62. The van der Waals surface area contributed by atoms with E-state index in [0.29, 0.717) is 19.2 Å². The quantitative estimate of drug-likeness (QED) is 0.885. The third kappa shape index (κ3) is 4.37. The zero-order valence-electron chi connectivity index (χ0n) is 15.6. The van der Waals surface area contributed by atoms with Gasteiger partial charge in [-0.25, -0.2) is 0 Å². The molecule has 5 heteroatoms. The first-order valence-electron chi connectivity index (χ1n) is 9.93. The van der Waals surface area contributed by atoms with E-state index in [-0.39, 0.29) is 11.9 Å². The molecule has 0 radical (unpaired) electrons. The Morgan fingerprint density at radius 2 is 2.07 bits per heavy atom. The number of nitrogens with one attached hydrogen (secondary N) is 1. The Bertz CT molecular complexity index is 759. The highest BCUT2D eigenvalue weighted by atomic mass is 16.5. The molecular weight excluding hydrogens is 338 g/mol. The molecule has 2 aliphatic rings. The second-order valence-electron chi connectivity index (χ2n) is 7.40. The van der Waals surface area contributed by atoms with Crippen LogP contribution >= 0.6 is 0 Å². The van der Waals surface area contributed by atoms with Crippen molar-refractivity contribution in [1.29, 1.82) is 0 Å². The predicted octanol–water partition coefficient (Wildman–Crippen LogP) is 3.01. The molecule has 2 fully saturated rings. The third-order valence-electron chi connectivity index (χ3n) is 5.62.